The highest BCUT2D eigenvalue weighted by molar-refractivity contribution is 5.96. The zero-order chi connectivity index (χ0) is 19.8. The molecule has 1 aromatic heterocycles. The number of aromatic nitrogens is 2. The number of aryl methyl sites for hydroxylation is 1. The fourth-order valence-electron chi connectivity index (χ4n) is 8.05. The summed E-state index contributed by atoms with van der Waals surface area (Å²) in [5.74, 6) is 3.41. The Morgan fingerprint density at radius 3 is 2.76 bits per heavy atom. The van der Waals surface area contributed by atoms with Crippen LogP contribution in [-0.2, 0) is 7.05 Å². The Labute approximate surface area is 172 Å². The average Bonchev–Trinajstić information content (AvgIpc) is 3.34. The Bertz CT molecular complexity index is 831. The van der Waals surface area contributed by atoms with Crippen LogP contribution in [0.2, 0.25) is 0 Å². The first-order chi connectivity index (χ1) is 14.0. The second kappa shape index (κ2) is 6.22. The summed E-state index contributed by atoms with van der Waals surface area (Å²) >= 11 is 0. The molecule has 0 saturated heterocycles. The van der Waals surface area contributed by atoms with E-state index in [0.29, 0.717) is 47.8 Å². The van der Waals surface area contributed by atoms with Gasteiger partial charge in [-0.15, -0.1) is 0 Å². The first-order valence-electron chi connectivity index (χ1n) is 11.7. The van der Waals surface area contributed by atoms with E-state index in [2.05, 4.69) is 10.4 Å². The molecule has 5 aliphatic carbocycles. The second-order valence-electron chi connectivity index (χ2n) is 10.6. The number of ether oxygens (including phenoxy) is 1. The molecule has 5 fully saturated rings. The highest BCUT2D eigenvalue weighted by atomic mass is 16.5. The molecule has 6 nitrogen and oxygen atoms in total. The normalized spacial score (nSPS) is 42.1. The predicted molar refractivity (Wildman–Crippen MR) is 107 cm³/mol. The van der Waals surface area contributed by atoms with Gasteiger partial charge in [0.2, 0.25) is 5.88 Å². The van der Waals surface area contributed by atoms with Crippen LogP contribution in [-0.4, -0.2) is 39.5 Å². The number of amides is 1. The first kappa shape index (κ1) is 18.2. The minimum absolute atomic E-state index is 0.175. The van der Waals surface area contributed by atoms with Gasteiger partial charge in [-0.05, 0) is 73.5 Å². The van der Waals surface area contributed by atoms with E-state index >= 15 is 0 Å². The molecule has 6 unspecified atom stereocenters. The van der Waals surface area contributed by atoms with Gasteiger partial charge in [0.15, 0.2) is 0 Å². The number of nitrogens with zero attached hydrogens (tertiary/aromatic N) is 2. The monoisotopic (exact) mass is 399 g/mol. The van der Waals surface area contributed by atoms with Crippen LogP contribution in [0.1, 0.15) is 68.1 Å². The third kappa shape index (κ3) is 2.38. The molecule has 0 aromatic carbocycles. The maximum atomic E-state index is 13.0. The van der Waals surface area contributed by atoms with Crippen LogP contribution in [0.15, 0.2) is 6.20 Å². The van der Waals surface area contributed by atoms with Gasteiger partial charge >= 0.3 is 0 Å². The van der Waals surface area contributed by atoms with Crippen LogP contribution < -0.4 is 10.1 Å². The van der Waals surface area contributed by atoms with Crippen LogP contribution in [0, 0.1) is 35.0 Å². The Hall–Kier alpha value is -1.56. The standard InChI is InChI=1S/C23H33N3O3/c1-26-21(29-12-14-5-3-2-4-6-14)18(11-25-26)20(27)24-13-23(28)17-8-15-7-16-9-19(23)22(15,16)10-17/h11,14-17,19,28H,2-10,12-13H2,1H3,(H,24,27). The number of carbonyl (C=O) groups is 1. The van der Waals surface area contributed by atoms with Crippen molar-refractivity contribution in [3.63, 3.8) is 0 Å². The first-order valence-corrected chi connectivity index (χ1v) is 11.7. The number of aliphatic hydroxyl groups is 1. The lowest BCUT2D eigenvalue weighted by Gasteiger charge is -2.69. The van der Waals surface area contributed by atoms with Crippen LogP contribution in [0.25, 0.3) is 0 Å². The van der Waals surface area contributed by atoms with Gasteiger partial charge < -0.3 is 15.2 Å². The van der Waals surface area contributed by atoms with Gasteiger partial charge in [0.1, 0.15) is 5.56 Å². The third-order valence-corrected chi connectivity index (χ3v) is 9.58. The summed E-state index contributed by atoms with van der Waals surface area (Å²) in [7, 11) is 1.82. The van der Waals surface area contributed by atoms with Crippen molar-refractivity contribution in [2.45, 2.75) is 63.4 Å². The molecule has 5 saturated carbocycles. The van der Waals surface area contributed by atoms with Crippen LogP contribution in [0.3, 0.4) is 0 Å². The fraction of sp³-hybridized carbons (Fsp3) is 0.826. The highest BCUT2D eigenvalue weighted by Gasteiger charge is 2.80. The summed E-state index contributed by atoms with van der Waals surface area (Å²) in [4.78, 5) is 13.0. The topological polar surface area (TPSA) is 76.4 Å². The molecule has 2 bridgehead atoms. The highest BCUT2D eigenvalue weighted by Crippen LogP contribution is 2.83. The minimum Gasteiger partial charge on any atom is -0.477 e. The Morgan fingerprint density at radius 1 is 1.24 bits per heavy atom. The van der Waals surface area contributed by atoms with E-state index in [0.717, 1.165) is 24.7 Å². The van der Waals surface area contributed by atoms with E-state index in [9.17, 15) is 9.90 Å². The molecular formula is C23H33N3O3. The number of hydrogen-bond donors (Lipinski definition) is 2. The summed E-state index contributed by atoms with van der Waals surface area (Å²) < 4.78 is 7.71. The summed E-state index contributed by atoms with van der Waals surface area (Å²) in [5, 5.41) is 18.8. The summed E-state index contributed by atoms with van der Waals surface area (Å²) in [6, 6.07) is 0. The van der Waals surface area contributed by atoms with Crippen LogP contribution in [0.4, 0.5) is 0 Å². The average molecular weight is 400 g/mol. The SMILES string of the molecule is Cn1ncc(C(=O)NCC2(O)C3CC4CC5CC2C45C3)c1OCC1CCCCC1. The molecule has 2 N–H and O–H groups in total. The summed E-state index contributed by atoms with van der Waals surface area (Å²) in [6.07, 6.45) is 12.8. The van der Waals surface area contributed by atoms with Crippen LogP contribution in [0.5, 0.6) is 5.88 Å². The van der Waals surface area contributed by atoms with Crippen molar-refractivity contribution < 1.29 is 14.6 Å². The number of nitrogens with one attached hydrogen (secondary N) is 1. The van der Waals surface area contributed by atoms with Crippen molar-refractivity contribution >= 4 is 5.91 Å². The molecule has 1 amide bonds. The second-order valence-corrected chi connectivity index (χ2v) is 10.6. The molecule has 1 aromatic rings. The quantitative estimate of drug-likeness (QED) is 0.771. The molecule has 158 valence electrons. The van der Waals surface area contributed by atoms with Crippen molar-refractivity contribution in [1.29, 1.82) is 0 Å². The van der Waals surface area contributed by atoms with Crippen molar-refractivity contribution in [3.05, 3.63) is 11.8 Å². The number of hydrogen-bond acceptors (Lipinski definition) is 4. The molecule has 0 radical (unpaired) electrons. The lowest BCUT2D eigenvalue weighted by Crippen LogP contribution is -2.68. The molecule has 6 atom stereocenters. The van der Waals surface area contributed by atoms with Gasteiger partial charge in [0.05, 0.1) is 18.4 Å². The number of rotatable bonds is 6. The Morgan fingerprint density at radius 2 is 2.00 bits per heavy atom. The lowest BCUT2D eigenvalue weighted by atomic mass is 9.36. The molecule has 5 aliphatic rings. The minimum atomic E-state index is -0.714. The van der Waals surface area contributed by atoms with Crippen molar-refractivity contribution in [2.24, 2.45) is 42.1 Å². The maximum absolute atomic E-state index is 13.0. The zero-order valence-corrected chi connectivity index (χ0v) is 17.4. The maximum Gasteiger partial charge on any atom is 0.258 e. The smallest absolute Gasteiger partial charge is 0.258 e. The summed E-state index contributed by atoms with van der Waals surface area (Å²) in [6.45, 7) is 1.01. The van der Waals surface area contributed by atoms with Gasteiger partial charge in [-0.1, -0.05) is 19.3 Å². The van der Waals surface area contributed by atoms with Gasteiger partial charge in [-0.2, -0.15) is 5.10 Å². The Balaban J connectivity index is 1.11. The predicted octanol–water partition coefficient (Wildman–Crippen LogP) is 2.91. The van der Waals surface area contributed by atoms with Crippen molar-refractivity contribution in [2.75, 3.05) is 13.2 Å². The molecular weight excluding hydrogens is 366 g/mol. The van der Waals surface area contributed by atoms with E-state index in [1.165, 1.54) is 44.9 Å². The van der Waals surface area contributed by atoms with Gasteiger partial charge in [0.25, 0.3) is 5.91 Å². The van der Waals surface area contributed by atoms with Gasteiger partial charge in [-0.3, -0.25) is 4.79 Å². The largest absolute Gasteiger partial charge is 0.477 e. The fourth-order valence-corrected chi connectivity index (χ4v) is 8.05. The van der Waals surface area contributed by atoms with Gasteiger partial charge in [-0.25, -0.2) is 4.68 Å². The Kier molecular flexibility index (Phi) is 3.91. The molecule has 0 aliphatic heterocycles. The van der Waals surface area contributed by atoms with Crippen molar-refractivity contribution in [1.82, 2.24) is 15.1 Å². The number of fused-ring (bicyclic) bond motifs is 1. The van der Waals surface area contributed by atoms with E-state index in [1.54, 1.807) is 10.9 Å². The van der Waals surface area contributed by atoms with E-state index in [1.807, 2.05) is 7.05 Å². The van der Waals surface area contributed by atoms with Crippen molar-refractivity contribution in [3.8, 4) is 5.88 Å². The molecule has 1 spiro atoms. The lowest BCUT2D eigenvalue weighted by molar-refractivity contribution is -0.239. The van der Waals surface area contributed by atoms with E-state index < -0.39 is 5.60 Å². The third-order valence-electron chi connectivity index (χ3n) is 9.58. The molecule has 6 rings (SSSR count). The molecule has 1 heterocycles. The van der Waals surface area contributed by atoms with E-state index in [4.69, 9.17) is 4.74 Å². The zero-order valence-electron chi connectivity index (χ0n) is 17.4. The van der Waals surface area contributed by atoms with Gasteiger partial charge in [0, 0.05) is 13.6 Å². The van der Waals surface area contributed by atoms with Crippen LogP contribution >= 0.6 is 0 Å². The summed E-state index contributed by atoms with van der Waals surface area (Å²) in [5.41, 5.74) is 0.211. The molecule has 29 heavy (non-hydrogen) atoms. The number of carbonyl (C=O) groups excluding carboxylic acids is 1. The molecule has 6 heteroatoms. The van der Waals surface area contributed by atoms with E-state index in [-0.39, 0.29) is 5.91 Å².